The van der Waals surface area contributed by atoms with Crippen LogP contribution in [0.4, 0.5) is 21.0 Å². The molecule has 0 aliphatic carbocycles. The molecule has 0 bridgehead atoms. The Labute approximate surface area is 135 Å². The first-order valence-corrected chi connectivity index (χ1v) is 7.23. The van der Waals surface area contributed by atoms with E-state index in [1.54, 1.807) is 6.07 Å². The second-order valence-corrected chi connectivity index (χ2v) is 5.24. The number of benzene rings is 2. The number of rotatable bonds is 2. The van der Waals surface area contributed by atoms with Gasteiger partial charge in [-0.2, -0.15) is 0 Å². The molecule has 0 heterocycles. The SMILES string of the molecule is Cc1ccccc1NC(=O)NNC(=O)Nc1c(C)cccc1C. The van der Waals surface area contributed by atoms with Gasteiger partial charge in [0.1, 0.15) is 0 Å². The van der Waals surface area contributed by atoms with Crippen molar-refractivity contribution in [1.29, 1.82) is 0 Å². The van der Waals surface area contributed by atoms with Crippen molar-refractivity contribution >= 4 is 23.4 Å². The molecule has 0 aromatic heterocycles. The highest BCUT2D eigenvalue weighted by Crippen LogP contribution is 2.18. The van der Waals surface area contributed by atoms with Gasteiger partial charge in [-0.3, -0.25) is 0 Å². The van der Waals surface area contributed by atoms with Crippen LogP contribution < -0.4 is 21.5 Å². The van der Waals surface area contributed by atoms with Gasteiger partial charge in [0, 0.05) is 11.4 Å². The number of aryl methyl sites for hydroxylation is 3. The lowest BCUT2D eigenvalue weighted by molar-refractivity contribution is 0.237. The van der Waals surface area contributed by atoms with Gasteiger partial charge in [-0.1, -0.05) is 36.4 Å². The van der Waals surface area contributed by atoms with Gasteiger partial charge in [0.2, 0.25) is 0 Å². The average Bonchev–Trinajstić information content (AvgIpc) is 2.51. The summed E-state index contributed by atoms with van der Waals surface area (Å²) in [6, 6.07) is 12.1. The summed E-state index contributed by atoms with van der Waals surface area (Å²) in [6.07, 6.45) is 0. The summed E-state index contributed by atoms with van der Waals surface area (Å²) >= 11 is 0. The standard InChI is InChI=1S/C17H20N4O2/c1-11-7-4-5-10-14(11)18-16(22)20-21-17(23)19-15-12(2)8-6-9-13(15)3/h4-10H,1-3H3,(H2,18,20,22)(H2,19,21,23). The smallest absolute Gasteiger partial charge is 0.306 e. The molecular formula is C17H20N4O2. The predicted molar refractivity (Wildman–Crippen MR) is 91.4 cm³/mol. The second-order valence-electron chi connectivity index (χ2n) is 5.24. The Morgan fingerprint density at radius 2 is 1.22 bits per heavy atom. The lowest BCUT2D eigenvalue weighted by Gasteiger charge is -2.13. The summed E-state index contributed by atoms with van der Waals surface area (Å²) in [7, 11) is 0. The van der Waals surface area contributed by atoms with Crippen molar-refractivity contribution in [2.45, 2.75) is 20.8 Å². The fourth-order valence-corrected chi connectivity index (χ4v) is 2.14. The van der Waals surface area contributed by atoms with Gasteiger partial charge in [-0.25, -0.2) is 20.4 Å². The molecule has 120 valence electrons. The summed E-state index contributed by atoms with van der Waals surface area (Å²) in [4.78, 5) is 23.7. The zero-order valence-corrected chi connectivity index (χ0v) is 13.4. The minimum Gasteiger partial charge on any atom is -0.306 e. The van der Waals surface area contributed by atoms with E-state index in [4.69, 9.17) is 0 Å². The molecule has 6 nitrogen and oxygen atoms in total. The number of para-hydroxylation sites is 2. The normalized spacial score (nSPS) is 9.87. The molecular weight excluding hydrogens is 292 g/mol. The molecule has 0 radical (unpaired) electrons. The van der Waals surface area contributed by atoms with Crippen molar-refractivity contribution in [3.05, 3.63) is 59.2 Å². The second kappa shape index (κ2) is 7.31. The lowest BCUT2D eigenvalue weighted by atomic mass is 10.1. The van der Waals surface area contributed by atoms with Crippen LogP contribution in [0.1, 0.15) is 16.7 Å². The first kappa shape index (κ1) is 16.4. The van der Waals surface area contributed by atoms with Crippen molar-refractivity contribution < 1.29 is 9.59 Å². The fourth-order valence-electron chi connectivity index (χ4n) is 2.14. The van der Waals surface area contributed by atoms with Gasteiger partial charge in [0.05, 0.1) is 0 Å². The Balaban J connectivity index is 1.87. The number of carbonyl (C=O) groups excluding carboxylic acids is 2. The third kappa shape index (κ3) is 4.47. The third-order valence-corrected chi connectivity index (χ3v) is 3.40. The first-order valence-electron chi connectivity index (χ1n) is 7.23. The van der Waals surface area contributed by atoms with E-state index in [0.29, 0.717) is 5.69 Å². The molecule has 0 aliphatic rings. The van der Waals surface area contributed by atoms with E-state index in [0.717, 1.165) is 22.4 Å². The zero-order chi connectivity index (χ0) is 16.8. The Morgan fingerprint density at radius 1 is 0.696 bits per heavy atom. The Hall–Kier alpha value is -3.02. The van der Waals surface area contributed by atoms with Crippen LogP contribution in [-0.4, -0.2) is 12.1 Å². The van der Waals surface area contributed by atoms with Crippen molar-refractivity contribution in [3.8, 4) is 0 Å². The topological polar surface area (TPSA) is 82.3 Å². The van der Waals surface area contributed by atoms with E-state index in [-0.39, 0.29) is 0 Å². The quantitative estimate of drug-likeness (QED) is 0.640. The van der Waals surface area contributed by atoms with Crippen LogP contribution in [0.15, 0.2) is 42.5 Å². The molecule has 2 aromatic rings. The van der Waals surface area contributed by atoms with Gasteiger partial charge in [0.25, 0.3) is 0 Å². The molecule has 0 fully saturated rings. The summed E-state index contributed by atoms with van der Waals surface area (Å²) in [5.74, 6) is 0. The summed E-state index contributed by atoms with van der Waals surface area (Å²) in [5.41, 5.74) is 8.86. The first-order chi connectivity index (χ1) is 11.0. The highest BCUT2D eigenvalue weighted by atomic mass is 16.2. The fraction of sp³-hybridized carbons (Fsp3) is 0.176. The van der Waals surface area contributed by atoms with Gasteiger partial charge < -0.3 is 10.6 Å². The number of urea groups is 2. The van der Waals surface area contributed by atoms with E-state index in [2.05, 4.69) is 21.5 Å². The molecule has 6 heteroatoms. The Kier molecular flexibility index (Phi) is 5.19. The Bertz CT molecular complexity index is 708. The molecule has 0 saturated carbocycles. The van der Waals surface area contributed by atoms with Gasteiger partial charge in [-0.15, -0.1) is 0 Å². The van der Waals surface area contributed by atoms with Crippen LogP contribution in [-0.2, 0) is 0 Å². The summed E-state index contributed by atoms with van der Waals surface area (Å²) in [6.45, 7) is 5.69. The number of carbonyl (C=O) groups is 2. The van der Waals surface area contributed by atoms with E-state index >= 15 is 0 Å². The maximum Gasteiger partial charge on any atom is 0.337 e. The largest absolute Gasteiger partial charge is 0.337 e. The molecule has 4 N–H and O–H groups in total. The van der Waals surface area contributed by atoms with Gasteiger partial charge in [0.15, 0.2) is 0 Å². The minimum absolute atomic E-state index is 0.512. The summed E-state index contributed by atoms with van der Waals surface area (Å²) in [5, 5.41) is 5.38. The van der Waals surface area contributed by atoms with Crippen LogP contribution in [0, 0.1) is 20.8 Å². The molecule has 0 saturated heterocycles. The number of hydrogen-bond donors (Lipinski definition) is 4. The number of hydrogen-bond acceptors (Lipinski definition) is 2. The predicted octanol–water partition coefficient (Wildman–Crippen LogP) is 3.47. The molecule has 2 aromatic carbocycles. The molecule has 2 rings (SSSR count). The number of nitrogens with one attached hydrogen (secondary N) is 4. The van der Waals surface area contributed by atoms with E-state index in [1.807, 2.05) is 57.2 Å². The molecule has 23 heavy (non-hydrogen) atoms. The van der Waals surface area contributed by atoms with E-state index in [1.165, 1.54) is 0 Å². The van der Waals surface area contributed by atoms with Crippen LogP contribution in [0.25, 0.3) is 0 Å². The van der Waals surface area contributed by atoms with Crippen LogP contribution in [0.3, 0.4) is 0 Å². The average molecular weight is 312 g/mol. The zero-order valence-electron chi connectivity index (χ0n) is 13.4. The van der Waals surface area contributed by atoms with Crippen molar-refractivity contribution in [2.24, 2.45) is 0 Å². The molecule has 4 amide bonds. The number of hydrazine groups is 1. The number of anilines is 2. The lowest BCUT2D eigenvalue weighted by Crippen LogP contribution is -2.46. The van der Waals surface area contributed by atoms with Crippen LogP contribution in [0.2, 0.25) is 0 Å². The highest BCUT2D eigenvalue weighted by Gasteiger charge is 2.08. The third-order valence-electron chi connectivity index (χ3n) is 3.40. The highest BCUT2D eigenvalue weighted by molar-refractivity contribution is 5.95. The monoisotopic (exact) mass is 312 g/mol. The van der Waals surface area contributed by atoms with E-state index in [9.17, 15) is 9.59 Å². The molecule has 0 aliphatic heterocycles. The number of amides is 4. The summed E-state index contributed by atoms with van der Waals surface area (Å²) < 4.78 is 0. The van der Waals surface area contributed by atoms with E-state index < -0.39 is 12.1 Å². The van der Waals surface area contributed by atoms with Crippen molar-refractivity contribution in [3.63, 3.8) is 0 Å². The molecule has 0 unspecified atom stereocenters. The minimum atomic E-state index is -0.518. The maximum absolute atomic E-state index is 11.9. The van der Waals surface area contributed by atoms with Crippen LogP contribution in [0.5, 0.6) is 0 Å². The van der Waals surface area contributed by atoms with Gasteiger partial charge in [-0.05, 0) is 43.5 Å². The van der Waals surface area contributed by atoms with Crippen LogP contribution >= 0.6 is 0 Å². The van der Waals surface area contributed by atoms with Gasteiger partial charge >= 0.3 is 12.1 Å². The molecule has 0 atom stereocenters. The van der Waals surface area contributed by atoms with Crippen molar-refractivity contribution in [1.82, 2.24) is 10.9 Å². The maximum atomic E-state index is 11.9. The Morgan fingerprint density at radius 3 is 1.83 bits per heavy atom. The molecule has 0 spiro atoms. The van der Waals surface area contributed by atoms with Crippen molar-refractivity contribution in [2.75, 3.05) is 10.6 Å².